The van der Waals surface area contributed by atoms with E-state index >= 15 is 0 Å². The maximum Gasteiger partial charge on any atom is 0.326 e. The molecule has 0 aliphatic carbocycles. The van der Waals surface area contributed by atoms with E-state index in [1.807, 2.05) is 13.8 Å². The average Bonchev–Trinajstić information content (AvgIpc) is 2.15. The number of nitrogens with zero attached hydrogens (tertiary/aromatic N) is 1. The number of rotatable bonds is 4. The minimum Gasteiger partial charge on any atom is -0.480 e. The van der Waals surface area contributed by atoms with E-state index < -0.39 is 12.0 Å². The van der Waals surface area contributed by atoms with Crippen molar-refractivity contribution in [3.05, 3.63) is 23.4 Å². The van der Waals surface area contributed by atoms with Crippen molar-refractivity contribution in [2.24, 2.45) is 5.92 Å². The largest absolute Gasteiger partial charge is 0.480 e. The zero-order valence-corrected chi connectivity index (χ0v) is 9.32. The number of carbonyl (C=O) groups is 1. The molecule has 0 aromatic carbocycles. The Morgan fingerprint density at radius 2 is 2.27 bits per heavy atom. The van der Waals surface area contributed by atoms with Gasteiger partial charge in [0.15, 0.2) is 0 Å². The molecule has 1 aromatic rings. The molecule has 0 aliphatic rings. The van der Waals surface area contributed by atoms with Gasteiger partial charge in [-0.2, -0.15) is 0 Å². The molecular weight excluding hydrogens is 216 g/mol. The lowest BCUT2D eigenvalue weighted by Gasteiger charge is -2.18. The van der Waals surface area contributed by atoms with E-state index in [-0.39, 0.29) is 5.92 Å². The molecule has 0 saturated heterocycles. The van der Waals surface area contributed by atoms with Crippen LogP contribution in [0.4, 0.5) is 5.82 Å². The number of halogens is 1. The monoisotopic (exact) mass is 228 g/mol. The van der Waals surface area contributed by atoms with Gasteiger partial charge in [0.1, 0.15) is 11.9 Å². The van der Waals surface area contributed by atoms with Crippen molar-refractivity contribution >= 4 is 23.4 Å². The predicted octanol–water partition coefficient (Wildman–Crippen LogP) is 2.26. The fourth-order valence-electron chi connectivity index (χ4n) is 1.15. The van der Waals surface area contributed by atoms with Crippen LogP contribution >= 0.6 is 11.6 Å². The molecule has 0 spiro atoms. The molecule has 0 aliphatic heterocycles. The van der Waals surface area contributed by atoms with E-state index in [2.05, 4.69) is 10.3 Å². The number of nitrogens with one attached hydrogen (secondary N) is 1. The summed E-state index contributed by atoms with van der Waals surface area (Å²) >= 11 is 5.86. The van der Waals surface area contributed by atoms with E-state index in [0.29, 0.717) is 10.8 Å². The first-order chi connectivity index (χ1) is 7.02. The molecule has 1 heterocycles. The Hall–Kier alpha value is -1.29. The number of pyridine rings is 1. The molecule has 0 bridgehead atoms. The van der Waals surface area contributed by atoms with Crippen LogP contribution in [0.15, 0.2) is 18.3 Å². The van der Waals surface area contributed by atoms with Crippen LogP contribution in [0.3, 0.4) is 0 Å². The van der Waals surface area contributed by atoms with Gasteiger partial charge in [-0.1, -0.05) is 25.4 Å². The van der Waals surface area contributed by atoms with Gasteiger partial charge in [-0.25, -0.2) is 9.78 Å². The molecule has 1 rings (SSSR count). The van der Waals surface area contributed by atoms with Gasteiger partial charge in [0.05, 0.1) is 5.02 Å². The fourth-order valence-corrected chi connectivity index (χ4v) is 1.33. The lowest BCUT2D eigenvalue weighted by molar-refractivity contribution is -0.138. The second-order valence-electron chi connectivity index (χ2n) is 3.54. The predicted molar refractivity (Wildman–Crippen MR) is 59.1 cm³/mol. The second-order valence-corrected chi connectivity index (χ2v) is 3.95. The third-order valence-electron chi connectivity index (χ3n) is 1.98. The maximum atomic E-state index is 10.9. The molecule has 5 heteroatoms. The Labute approximate surface area is 93.3 Å². The van der Waals surface area contributed by atoms with Crippen molar-refractivity contribution in [3.8, 4) is 0 Å². The molecule has 4 nitrogen and oxygen atoms in total. The van der Waals surface area contributed by atoms with E-state index in [1.165, 1.54) is 0 Å². The van der Waals surface area contributed by atoms with Crippen molar-refractivity contribution in [2.45, 2.75) is 19.9 Å². The van der Waals surface area contributed by atoms with Crippen LogP contribution in [0, 0.1) is 5.92 Å². The van der Waals surface area contributed by atoms with E-state index in [0.717, 1.165) is 0 Å². The molecular formula is C10H13ClN2O2. The van der Waals surface area contributed by atoms with Crippen molar-refractivity contribution in [2.75, 3.05) is 5.32 Å². The second kappa shape index (κ2) is 4.98. The Morgan fingerprint density at radius 3 is 2.73 bits per heavy atom. The standard InChI is InChI=1S/C10H13ClN2O2/c1-6(2)8(10(14)15)13-9-7(11)4-3-5-12-9/h3-6,8H,1-2H3,(H,12,13)(H,14,15)/t8-/m0/s1. The van der Waals surface area contributed by atoms with Gasteiger partial charge >= 0.3 is 5.97 Å². The molecule has 15 heavy (non-hydrogen) atoms. The number of aromatic nitrogens is 1. The first kappa shape index (κ1) is 11.8. The number of carboxylic acids is 1. The van der Waals surface area contributed by atoms with Gasteiger partial charge in [-0.3, -0.25) is 0 Å². The van der Waals surface area contributed by atoms with Gasteiger partial charge in [0, 0.05) is 6.20 Å². The molecule has 1 aromatic heterocycles. The van der Waals surface area contributed by atoms with E-state index in [1.54, 1.807) is 18.3 Å². The molecule has 1 atom stereocenters. The lowest BCUT2D eigenvalue weighted by Crippen LogP contribution is -2.34. The van der Waals surface area contributed by atoms with Gasteiger partial charge < -0.3 is 10.4 Å². The first-order valence-electron chi connectivity index (χ1n) is 4.62. The fraction of sp³-hybridized carbons (Fsp3) is 0.400. The highest BCUT2D eigenvalue weighted by molar-refractivity contribution is 6.32. The van der Waals surface area contributed by atoms with E-state index in [9.17, 15) is 4.79 Å². The van der Waals surface area contributed by atoms with Gasteiger partial charge in [0.25, 0.3) is 0 Å². The molecule has 0 fully saturated rings. The van der Waals surface area contributed by atoms with Crippen molar-refractivity contribution in [1.82, 2.24) is 4.98 Å². The maximum absolute atomic E-state index is 10.9. The van der Waals surface area contributed by atoms with Crippen LogP contribution in [0.1, 0.15) is 13.8 Å². The lowest BCUT2D eigenvalue weighted by atomic mass is 10.1. The summed E-state index contributed by atoms with van der Waals surface area (Å²) in [5.41, 5.74) is 0. The summed E-state index contributed by atoms with van der Waals surface area (Å²) in [5.74, 6) is -0.549. The summed E-state index contributed by atoms with van der Waals surface area (Å²) in [6.07, 6.45) is 1.56. The highest BCUT2D eigenvalue weighted by Gasteiger charge is 2.22. The topological polar surface area (TPSA) is 62.2 Å². The van der Waals surface area contributed by atoms with Crippen LogP contribution in [-0.2, 0) is 4.79 Å². The van der Waals surface area contributed by atoms with Crippen molar-refractivity contribution in [3.63, 3.8) is 0 Å². The van der Waals surface area contributed by atoms with Crippen molar-refractivity contribution < 1.29 is 9.90 Å². The Bertz CT molecular complexity index is 355. The molecule has 82 valence electrons. The van der Waals surface area contributed by atoms with Crippen LogP contribution in [0.2, 0.25) is 5.02 Å². The SMILES string of the molecule is CC(C)[C@H](Nc1ncccc1Cl)C(=O)O. The summed E-state index contributed by atoms with van der Waals surface area (Å²) in [6.45, 7) is 3.64. The number of hydrogen-bond donors (Lipinski definition) is 2. The third kappa shape index (κ3) is 3.09. The first-order valence-corrected chi connectivity index (χ1v) is 5.00. The molecule has 0 radical (unpaired) electrons. The molecule has 0 saturated carbocycles. The molecule has 0 amide bonds. The summed E-state index contributed by atoms with van der Waals surface area (Å²) in [6, 6.07) is 2.67. The third-order valence-corrected chi connectivity index (χ3v) is 2.29. The number of hydrogen-bond acceptors (Lipinski definition) is 3. The minimum atomic E-state index is -0.910. The van der Waals surface area contributed by atoms with Gasteiger partial charge in [0.2, 0.25) is 0 Å². The zero-order valence-electron chi connectivity index (χ0n) is 8.57. The number of anilines is 1. The Morgan fingerprint density at radius 1 is 1.60 bits per heavy atom. The number of carboxylic acid groups (broad SMARTS) is 1. The minimum absolute atomic E-state index is 0.0411. The van der Waals surface area contributed by atoms with E-state index in [4.69, 9.17) is 16.7 Å². The van der Waals surface area contributed by atoms with Crippen LogP contribution in [0.5, 0.6) is 0 Å². The molecule has 0 unspecified atom stereocenters. The zero-order chi connectivity index (χ0) is 11.4. The Kier molecular flexibility index (Phi) is 3.91. The van der Waals surface area contributed by atoms with Gasteiger partial charge in [-0.15, -0.1) is 0 Å². The Balaban J connectivity index is 2.84. The summed E-state index contributed by atoms with van der Waals surface area (Å²) in [4.78, 5) is 14.9. The normalized spacial score (nSPS) is 12.5. The van der Waals surface area contributed by atoms with Crippen LogP contribution in [0.25, 0.3) is 0 Å². The summed E-state index contributed by atoms with van der Waals surface area (Å²) in [7, 11) is 0. The highest BCUT2D eigenvalue weighted by atomic mass is 35.5. The molecule has 2 N–H and O–H groups in total. The quantitative estimate of drug-likeness (QED) is 0.830. The number of aliphatic carboxylic acids is 1. The van der Waals surface area contributed by atoms with Crippen LogP contribution < -0.4 is 5.32 Å². The summed E-state index contributed by atoms with van der Waals surface area (Å²) < 4.78 is 0. The summed E-state index contributed by atoms with van der Waals surface area (Å²) in [5, 5.41) is 12.2. The van der Waals surface area contributed by atoms with Gasteiger partial charge in [-0.05, 0) is 18.1 Å². The van der Waals surface area contributed by atoms with Crippen molar-refractivity contribution in [1.29, 1.82) is 0 Å². The highest BCUT2D eigenvalue weighted by Crippen LogP contribution is 2.20. The van der Waals surface area contributed by atoms with Crippen LogP contribution in [-0.4, -0.2) is 22.1 Å². The average molecular weight is 229 g/mol. The smallest absolute Gasteiger partial charge is 0.326 e.